The van der Waals surface area contributed by atoms with Gasteiger partial charge in [-0.3, -0.25) is 9.69 Å². The molecule has 3 aromatic rings. The molecule has 0 radical (unpaired) electrons. The van der Waals surface area contributed by atoms with Crippen LogP contribution in [-0.2, 0) is 11.2 Å². The summed E-state index contributed by atoms with van der Waals surface area (Å²) in [7, 11) is 6.51. The molecule has 216 valence electrons. The average Bonchev–Trinajstić information content (AvgIpc) is 3.47. The zero-order chi connectivity index (χ0) is 28.8. The van der Waals surface area contributed by atoms with Gasteiger partial charge in [0.2, 0.25) is 0 Å². The maximum Gasteiger partial charge on any atom is 0.257 e. The topological polar surface area (TPSA) is 72.8 Å². The fraction of sp³-hybridized carbons (Fsp3) is 0.394. The number of nitrogens with zero attached hydrogens (tertiary/aromatic N) is 3. The number of ether oxygens (including phenoxy) is 4. The molecule has 2 heterocycles. The fourth-order valence-electron chi connectivity index (χ4n) is 5.84. The number of rotatable bonds is 10. The number of carbonyl (C=O) groups is 1. The number of piperidine rings is 1. The van der Waals surface area contributed by atoms with Gasteiger partial charge in [-0.1, -0.05) is 30.3 Å². The Bertz CT molecular complexity index is 1370. The molecule has 8 heteroatoms. The number of benzene rings is 3. The van der Waals surface area contributed by atoms with Gasteiger partial charge in [0.15, 0.2) is 0 Å². The van der Waals surface area contributed by atoms with Gasteiger partial charge in [0.05, 0.1) is 46.7 Å². The first-order valence-corrected chi connectivity index (χ1v) is 14.1. The maximum absolute atomic E-state index is 13.9. The van der Waals surface area contributed by atoms with Crippen LogP contribution in [0.4, 0.5) is 0 Å². The normalized spacial score (nSPS) is 17.7. The smallest absolute Gasteiger partial charge is 0.257 e. The highest BCUT2D eigenvalue weighted by atomic mass is 16.5. The molecule has 41 heavy (non-hydrogen) atoms. The van der Waals surface area contributed by atoms with Crippen LogP contribution in [0.25, 0.3) is 0 Å². The van der Waals surface area contributed by atoms with E-state index in [0.717, 1.165) is 49.2 Å². The summed E-state index contributed by atoms with van der Waals surface area (Å²) in [5.74, 6) is 3.31. The minimum atomic E-state index is -0.319. The third-order valence-corrected chi connectivity index (χ3v) is 8.12. The summed E-state index contributed by atoms with van der Waals surface area (Å²) in [6.07, 6.45) is 3.77. The molecule has 5 rings (SSSR count). The van der Waals surface area contributed by atoms with Crippen molar-refractivity contribution in [2.45, 2.75) is 31.7 Å². The van der Waals surface area contributed by atoms with Gasteiger partial charge < -0.3 is 18.9 Å². The molecule has 1 saturated heterocycles. The second-order valence-corrected chi connectivity index (χ2v) is 10.6. The molecular weight excluding hydrogens is 518 g/mol. The van der Waals surface area contributed by atoms with E-state index in [9.17, 15) is 4.79 Å². The molecule has 1 amide bonds. The molecule has 1 atom stereocenters. The molecule has 8 nitrogen and oxygen atoms in total. The number of carbonyl (C=O) groups excluding carboxylic acids is 1. The van der Waals surface area contributed by atoms with Crippen molar-refractivity contribution in [3.05, 3.63) is 83.4 Å². The highest BCUT2D eigenvalue weighted by Crippen LogP contribution is 2.40. The fourth-order valence-corrected chi connectivity index (χ4v) is 5.84. The number of amides is 1. The molecule has 0 bridgehead atoms. The summed E-state index contributed by atoms with van der Waals surface area (Å²) in [5.41, 5.74) is 3.88. The van der Waals surface area contributed by atoms with E-state index in [2.05, 4.69) is 35.2 Å². The molecular formula is C33H39N3O5. The van der Waals surface area contributed by atoms with E-state index in [1.165, 1.54) is 5.56 Å². The number of hydrogen-bond donors (Lipinski definition) is 0. The Morgan fingerprint density at radius 1 is 0.829 bits per heavy atom. The summed E-state index contributed by atoms with van der Waals surface area (Å²) in [6.45, 7) is 2.12. The van der Waals surface area contributed by atoms with Crippen LogP contribution in [0.1, 0.15) is 42.0 Å². The molecule has 3 aromatic carbocycles. The molecule has 0 aromatic heterocycles. The Kier molecular flexibility index (Phi) is 9.09. The molecule has 1 fully saturated rings. The van der Waals surface area contributed by atoms with Gasteiger partial charge in [-0.2, -0.15) is 5.10 Å². The first kappa shape index (κ1) is 28.5. The molecule has 2 aliphatic rings. The minimum absolute atomic E-state index is 0.0307. The number of likely N-dealkylation sites (tertiary alicyclic amines) is 1. The molecule has 2 aliphatic heterocycles. The van der Waals surface area contributed by atoms with Crippen LogP contribution in [0.5, 0.6) is 23.0 Å². The molecule has 0 spiro atoms. The lowest BCUT2D eigenvalue weighted by atomic mass is 9.90. The maximum atomic E-state index is 13.9. The van der Waals surface area contributed by atoms with E-state index in [1.807, 2.05) is 36.4 Å². The van der Waals surface area contributed by atoms with Gasteiger partial charge in [0.1, 0.15) is 23.0 Å². The van der Waals surface area contributed by atoms with Crippen molar-refractivity contribution in [1.82, 2.24) is 9.91 Å². The first-order valence-electron chi connectivity index (χ1n) is 14.1. The van der Waals surface area contributed by atoms with Crippen LogP contribution >= 0.6 is 0 Å². The van der Waals surface area contributed by atoms with Crippen LogP contribution < -0.4 is 18.9 Å². The average molecular weight is 558 g/mol. The lowest BCUT2D eigenvalue weighted by Crippen LogP contribution is -2.42. The van der Waals surface area contributed by atoms with Crippen molar-refractivity contribution in [3.63, 3.8) is 0 Å². The van der Waals surface area contributed by atoms with Crippen molar-refractivity contribution in [1.29, 1.82) is 0 Å². The summed E-state index contributed by atoms with van der Waals surface area (Å²) >= 11 is 0. The first-order chi connectivity index (χ1) is 20.0. The summed E-state index contributed by atoms with van der Waals surface area (Å²) in [5, 5.41) is 6.54. The van der Waals surface area contributed by atoms with Gasteiger partial charge in [-0.05, 0) is 68.1 Å². The predicted molar refractivity (Wildman–Crippen MR) is 159 cm³/mol. The molecule has 0 unspecified atom stereocenters. The number of methoxy groups -OCH3 is 4. The summed E-state index contributed by atoms with van der Waals surface area (Å²) in [6, 6.07) is 21.7. The summed E-state index contributed by atoms with van der Waals surface area (Å²) < 4.78 is 22.2. The van der Waals surface area contributed by atoms with Crippen LogP contribution in [0.2, 0.25) is 0 Å². The van der Waals surface area contributed by atoms with Gasteiger partial charge in [0.25, 0.3) is 5.91 Å². The Balaban J connectivity index is 1.36. The highest BCUT2D eigenvalue weighted by Gasteiger charge is 2.36. The van der Waals surface area contributed by atoms with E-state index < -0.39 is 0 Å². The van der Waals surface area contributed by atoms with E-state index >= 15 is 0 Å². The quantitative estimate of drug-likeness (QED) is 0.335. The van der Waals surface area contributed by atoms with Crippen LogP contribution in [0.15, 0.2) is 71.8 Å². The van der Waals surface area contributed by atoms with Crippen molar-refractivity contribution >= 4 is 11.6 Å². The lowest BCUT2D eigenvalue weighted by Gasteiger charge is -2.33. The van der Waals surface area contributed by atoms with Crippen molar-refractivity contribution < 1.29 is 23.7 Å². The third-order valence-electron chi connectivity index (χ3n) is 8.12. The third kappa shape index (κ3) is 6.49. The van der Waals surface area contributed by atoms with Gasteiger partial charge >= 0.3 is 0 Å². The minimum Gasteiger partial charge on any atom is -0.497 e. The van der Waals surface area contributed by atoms with Gasteiger partial charge in [-0.25, -0.2) is 5.01 Å². The van der Waals surface area contributed by atoms with Gasteiger partial charge in [-0.15, -0.1) is 0 Å². The molecule has 0 aliphatic carbocycles. The van der Waals surface area contributed by atoms with Crippen LogP contribution in [-0.4, -0.2) is 69.6 Å². The highest BCUT2D eigenvalue weighted by molar-refractivity contribution is 6.05. The zero-order valence-corrected chi connectivity index (χ0v) is 24.3. The van der Waals surface area contributed by atoms with Crippen LogP contribution in [0, 0.1) is 5.92 Å². The Hall–Kier alpha value is -4.04. The van der Waals surface area contributed by atoms with E-state index in [4.69, 9.17) is 24.0 Å². The SMILES string of the molecule is COc1ccc(C2=NN(C(=O)CN3CCC(Cc4ccccc4)CC3)[C@@H](c3ccc(OC)cc3OC)C2)c(OC)c1. The second-order valence-electron chi connectivity index (χ2n) is 10.6. The zero-order valence-electron chi connectivity index (χ0n) is 24.3. The number of hydrogen-bond acceptors (Lipinski definition) is 7. The summed E-state index contributed by atoms with van der Waals surface area (Å²) in [4.78, 5) is 16.1. The number of hydrazone groups is 1. The molecule has 0 N–H and O–H groups in total. The Morgan fingerprint density at radius 3 is 2.15 bits per heavy atom. The monoisotopic (exact) mass is 557 g/mol. The van der Waals surface area contributed by atoms with E-state index in [1.54, 1.807) is 33.4 Å². The predicted octanol–water partition coefficient (Wildman–Crippen LogP) is 5.35. The second kappa shape index (κ2) is 13.1. The van der Waals surface area contributed by atoms with Crippen molar-refractivity contribution in [2.75, 3.05) is 48.1 Å². The standard InChI is InChI=1S/C33H39N3O5/c1-38-25-10-12-27(31(19-25)40-3)29-21-30(28-13-11-26(39-2)20-32(28)41-4)36(34-29)33(37)22-35-16-14-24(15-17-35)18-23-8-6-5-7-9-23/h5-13,19-20,24,30H,14-18,21-22H2,1-4H3/t30-/m1/s1. The largest absolute Gasteiger partial charge is 0.497 e. The van der Waals surface area contributed by atoms with E-state index in [-0.39, 0.29) is 11.9 Å². The molecule has 0 saturated carbocycles. The Morgan fingerprint density at radius 2 is 1.49 bits per heavy atom. The van der Waals surface area contributed by atoms with Crippen molar-refractivity contribution in [3.8, 4) is 23.0 Å². The van der Waals surface area contributed by atoms with Crippen LogP contribution in [0.3, 0.4) is 0 Å². The van der Waals surface area contributed by atoms with E-state index in [0.29, 0.717) is 41.9 Å². The Labute approximate surface area is 242 Å². The lowest BCUT2D eigenvalue weighted by molar-refractivity contribution is -0.134. The van der Waals surface area contributed by atoms with Gasteiger partial charge in [0, 0.05) is 29.7 Å². The van der Waals surface area contributed by atoms with Crippen molar-refractivity contribution in [2.24, 2.45) is 11.0 Å².